The largest absolute Gasteiger partial charge is 0.481 e. The first-order valence-electron chi connectivity index (χ1n) is 8.32. The second kappa shape index (κ2) is 6.03. The normalized spacial score (nSPS) is 32.6. The van der Waals surface area contributed by atoms with Gasteiger partial charge >= 0.3 is 5.97 Å². The van der Waals surface area contributed by atoms with Gasteiger partial charge in [-0.15, -0.1) is 0 Å². The monoisotopic (exact) mass is 326 g/mol. The third-order valence-corrected chi connectivity index (χ3v) is 5.99. The Morgan fingerprint density at radius 1 is 1.26 bits per heavy atom. The Kier molecular flexibility index (Phi) is 4.37. The lowest BCUT2D eigenvalue weighted by molar-refractivity contribution is -0.153. The molecule has 3 aliphatic rings. The Bertz CT molecular complexity index is 493. The van der Waals surface area contributed by atoms with Crippen molar-refractivity contribution in [2.45, 2.75) is 19.3 Å². The topological polar surface area (TPSA) is 90.3 Å². The minimum Gasteiger partial charge on any atom is -0.481 e. The number of amides is 1. The van der Waals surface area contributed by atoms with Crippen molar-refractivity contribution in [3.63, 3.8) is 0 Å². The first-order valence-corrected chi connectivity index (χ1v) is 8.32. The van der Waals surface area contributed by atoms with Crippen molar-refractivity contribution in [3.8, 4) is 0 Å². The highest BCUT2D eigenvalue weighted by Gasteiger charge is 2.60. The molecule has 2 N–H and O–H groups in total. The number of fused-ring (bicyclic) bond motifs is 1. The maximum absolute atomic E-state index is 12.9. The van der Waals surface area contributed by atoms with Crippen LogP contribution in [0.1, 0.15) is 19.3 Å². The number of likely N-dealkylation sites (tertiary alicyclic amines) is 2. The van der Waals surface area contributed by atoms with E-state index in [0.29, 0.717) is 32.8 Å². The molecule has 7 nitrogen and oxygen atoms in total. The van der Waals surface area contributed by atoms with E-state index in [1.54, 1.807) is 12.0 Å². The summed E-state index contributed by atoms with van der Waals surface area (Å²) in [5.41, 5.74) is -1.32. The standard InChI is InChI=1S/C16H26N2O5/c1-23-11-15(3-2-4-15)13(20)18-8-12-7-17(5-6-19)9-16(12,10-18)14(21)22/h12,19H,2-11H2,1H3,(H,21,22)/t12-,16-/m1/s1. The third-order valence-electron chi connectivity index (χ3n) is 5.99. The molecule has 0 aromatic carbocycles. The van der Waals surface area contributed by atoms with Crippen LogP contribution in [0.15, 0.2) is 0 Å². The molecule has 0 spiro atoms. The van der Waals surface area contributed by atoms with Gasteiger partial charge in [-0.1, -0.05) is 6.42 Å². The van der Waals surface area contributed by atoms with E-state index in [1.165, 1.54) is 0 Å². The van der Waals surface area contributed by atoms with Crippen molar-refractivity contribution in [1.29, 1.82) is 0 Å². The van der Waals surface area contributed by atoms with E-state index in [-0.39, 0.29) is 25.0 Å². The molecule has 0 unspecified atom stereocenters. The maximum Gasteiger partial charge on any atom is 0.313 e. The lowest BCUT2D eigenvalue weighted by Gasteiger charge is -2.42. The molecule has 2 heterocycles. The number of carboxylic acid groups (broad SMARTS) is 1. The van der Waals surface area contributed by atoms with Crippen LogP contribution in [-0.4, -0.2) is 84.9 Å². The number of aliphatic carboxylic acids is 1. The van der Waals surface area contributed by atoms with Crippen molar-refractivity contribution >= 4 is 11.9 Å². The second-order valence-corrected chi connectivity index (χ2v) is 7.37. The van der Waals surface area contributed by atoms with Crippen LogP contribution < -0.4 is 0 Å². The molecule has 0 aromatic rings. The summed E-state index contributed by atoms with van der Waals surface area (Å²) in [7, 11) is 1.61. The minimum atomic E-state index is -0.886. The van der Waals surface area contributed by atoms with E-state index in [9.17, 15) is 14.7 Å². The second-order valence-electron chi connectivity index (χ2n) is 7.37. The highest BCUT2D eigenvalue weighted by molar-refractivity contribution is 5.86. The molecule has 130 valence electrons. The van der Waals surface area contributed by atoms with Gasteiger partial charge in [0.2, 0.25) is 5.91 Å². The summed E-state index contributed by atoms with van der Waals surface area (Å²) in [4.78, 5) is 28.6. The number of carboxylic acids is 1. The molecule has 1 saturated carbocycles. The summed E-state index contributed by atoms with van der Waals surface area (Å²) in [5.74, 6) is -0.822. The van der Waals surface area contributed by atoms with Gasteiger partial charge in [0.05, 0.1) is 18.6 Å². The number of carbonyl (C=O) groups is 2. The van der Waals surface area contributed by atoms with Crippen LogP contribution in [0, 0.1) is 16.7 Å². The Balaban J connectivity index is 1.74. The van der Waals surface area contributed by atoms with E-state index < -0.39 is 16.8 Å². The van der Waals surface area contributed by atoms with Gasteiger partial charge in [-0.2, -0.15) is 0 Å². The fourth-order valence-electron chi connectivity index (χ4n) is 4.57. The number of aliphatic hydroxyl groups is 1. The van der Waals surface area contributed by atoms with E-state index in [4.69, 9.17) is 9.84 Å². The van der Waals surface area contributed by atoms with Crippen molar-refractivity contribution in [3.05, 3.63) is 0 Å². The third kappa shape index (κ3) is 2.55. The molecule has 0 radical (unpaired) electrons. The van der Waals surface area contributed by atoms with Crippen LogP contribution >= 0.6 is 0 Å². The van der Waals surface area contributed by atoms with Gasteiger partial charge in [-0.05, 0) is 12.8 Å². The Morgan fingerprint density at radius 3 is 2.48 bits per heavy atom. The fraction of sp³-hybridized carbons (Fsp3) is 0.875. The Morgan fingerprint density at radius 2 is 2.00 bits per heavy atom. The molecule has 3 fully saturated rings. The van der Waals surface area contributed by atoms with Crippen molar-refractivity contribution in [2.24, 2.45) is 16.7 Å². The highest BCUT2D eigenvalue weighted by Crippen LogP contribution is 2.47. The molecule has 1 aliphatic carbocycles. The summed E-state index contributed by atoms with van der Waals surface area (Å²) in [5, 5.41) is 18.9. The minimum absolute atomic E-state index is 0.0298. The summed E-state index contributed by atoms with van der Waals surface area (Å²) in [6.07, 6.45) is 2.69. The van der Waals surface area contributed by atoms with Crippen LogP contribution in [0.25, 0.3) is 0 Å². The van der Waals surface area contributed by atoms with Crippen molar-refractivity contribution in [1.82, 2.24) is 9.80 Å². The van der Waals surface area contributed by atoms with Crippen molar-refractivity contribution < 1.29 is 24.5 Å². The number of aliphatic hydroxyl groups excluding tert-OH is 1. The molecule has 23 heavy (non-hydrogen) atoms. The van der Waals surface area contributed by atoms with Gasteiger partial charge in [-0.3, -0.25) is 14.5 Å². The van der Waals surface area contributed by atoms with Crippen molar-refractivity contribution in [2.75, 3.05) is 53.0 Å². The van der Waals surface area contributed by atoms with E-state index in [1.807, 2.05) is 4.90 Å². The Labute approximate surface area is 136 Å². The van der Waals surface area contributed by atoms with E-state index in [0.717, 1.165) is 19.3 Å². The molecule has 2 aliphatic heterocycles. The Hall–Kier alpha value is -1.18. The number of ether oxygens (including phenoxy) is 1. The number of nitrogens with zero attached hydrogens (tertiary/aromatic N) is 2. The fourth-order valence-corrected chi connectivity index (χ4v) is 4.57. The van der Waals surface area contributed by atoms with Crippen LogP contribution in [0.4, 0.5) is 0 Å². The van der Waals surface area contributed by atoms with Gasteiger partial charge in [0.15, 0.2) is 0 Å². The zero-order valence-corrected chi connectivity index (χ0v) is 13.7. The summed E-state index contributed by atoms with van der Waals surface area (Å²) >= 11 is 0. The number of rotatable bonds is 6. The van der Waals surface area contributed by atoms with Gasteiger partial charge in [0, 0.05) is 45.8 Å². The number of hydrogen-bond donors (Lipinski definition) is 2. The van der Waals surface area contributed by atoms with E-state index in [2.05, 4.69) is 0 Å². The lowest BCUT2D eigenvalue weighted by atomic mass is 9.68. The predicted molar refractivity (Wildman–Crippen MR) is 81.8 cm³/mol. The van der Waals surface area contributed by atoms with Crippen LogP contribution in [0.3, 0.4) is 0 Å². The zero-order valence-electron chi connectivity index (χ0n) is 13.7. The van der Waals surface area contributed by atoms with E-state index >= 15 is 0 Å². The maximum atomic E-state index is 12.9. The molecule has 2 saturated heterocycles. The van der Waals surface area contributed by atoms with Crippen LogP contribution in [0.5, 0.6) is 0 Å². The average molecular weight is 326 g/mol. The van der Waals surface area contributed by atoms with Gasteiger partial charge in [0.25, 0.3) is 0 Å². The number of hydrogen-bond acceptors (Lipinski definition) is 5. The lowest BCUT2D eigenvalue weighted by Crippen LogP contribution is -2.51. The molecule has 0 aromatic heterocycles. The first-order chi connectivity index (χ1) is 11.0. The first kappa shape index (κ1) is 16.7. The predicted octanol–water partition coefficient (Wildman–Crippen LogP) is -0.360. The smallest absolute Gasteiger partial charge is 0.313 e. The van der Waals surface area contributed by atoms with Gasteiger partial charge < -0.3 is 19.8 Å². The zero-order chi connectivity index (χ0) is 16.7. The molecule has 0 bridgehead atoms. The molecule has 7 heteroatoms. The number of carbonyl (C=O) groups excluding carboxylic acids is 1. The van der Waals surface area contributed by atoms with Gasteiger partial charge in [0.1, 0.15) is 5.41 Å². The molecular weight excluding hydrogens is 300 g/mol. The molecule has 1 amide bonds. The van der Waals surface area contributed by atoms with Crippen LogP contribution in [0.2, 0.25) is 0 Å². The summed E-state index contributed by atoms with van der Waals surface area (Å²) in [6, 6.07) is 0. The highest BCUT2D eigenvalue weighted by atomic mass is 16.5. The average Bonchev–Trinajstić information content (AvgIpc) is 2.97. The van der Waals surface area contributed by atoms with Crippen LogP contribution in [-0.2, 0) is 14.3 Å². The molecule has 2 atom stereocenters. The summed E-state index contributed by atoms with van der Waals surface area (Å²) < 4.78 is 5.25. The molecular formula is C16H26N2O5. The molecule has 3 rings (SSSR count). The summed E-state index contributed by atoms with van der Waals surface area (Å²) in [6.45, 7) is 2.76. The number of methoxy groups -OCH3 is 1. The quantitative estimate of drug-likeness (QED) is 0.693. The SMILES string of the molecule is COCC1(C(=O)N2C[C@H]3CN(CCO)C[C@@]3(C(=O)O)C2)CCC1. The number of β-amino-alcohol motifs (C(OH)–C–C–N with tert-alkyl or cyclic N) is 1. The van der Waals surface area contributed by atoms with Gasteiger partial charge in [-0.25, -0.2) is 0 Å².